The molecule has 17 heavy (non-hydrogen) atoms. The Labute approximate surface area is 106 Å². The second-order valence-electron chi connectivity index (χ2n) is 5.02. The summed E-state index contributed by atoms with van der Waals surface area (Å²) in [6.07, 6.45) is 4.18. The summed E-state index contributed by atoms with van der Waals surface area (Å²) >= 11 is 0. The molecule has 0 saturated carbocycles. The van der Waals surface area contributed by atoms with Crippen LogP contribution in [0.15, 0.2) is 0 Å². The topological polar surface area (TPSA) is 49.4 Å². The van der Waals surface area contributed by atoms with Gasteiger partial charge >= 0.3 is 0 Å². The normalized spacial score (nSPS) is 24.8. The van der Waals surface area contributed by atoms with Crippen molar-refractivity contribution in [1.29, 1.82) is 0 Å². The molecule has 1 aliphatic heterocycles. The molecule has 0 spiro atoms. The first-order valence-electron chi connectivity index (χ1n) is 6.71. The zero-order valence-electron chi connectivity index (χ0n) is 11.3. The van der Waals surface area contributed by atoms with Crippen molar-refractivity contribution in [2.24, 2.45) is 0 Å². The molecule has 0 bridgehead atoms. The van der Waals surface area contributed by atoms with Crippen LogP contribution >= 0.6 is 0 Å². The Bertz CT molecular complexity index is 316. The maximum absolute atomic E-state index is 12.4. The van der Waals surface area contributed by atoms with E-state index in [1.165, 1.54) is 0 Å². The predicted octanol–water partition coefficient (Wildman–Crippen LogP) is 1.58. The average Bonchev–Trinajstić information content (AvgIpc) is 2.29. The minimum atomic E-state index is -3.12. The molecule has 2 unspecified atom stereocenters. The Hall–Kier alpha value is -0.130. The van der Waals surface area contributed by atoms with Gasteiger partial charge in [0, 0.05) is 19.1 Å². The number of nitrogens with one attached hydrogen (secondary N) is 1. The van der Waals surface area contributed by atoms with Gasteiger partial charge in [0.15, 0.2) is 0 Å². The predicted molar refractivity (Wildman–Crippen MR) is 71.6 cm³/mol. The van der Waals surface area contributed by atoms with Gasteiger partial charge in [0.05, 0.1) is 5.25 Å². The van der Waals surface area contributed by atoms with Crippen LogP contribution in [-0.4, -0.2) is 43.6 Å². The fourth-order valence-electron chi connectivity index (χ4n) is 2.27. The van der Waals surface area contributed by atoms with Crippen molar-refractivity contribution >= 4 is 10.0 Å². The summed E-state index contributed by atoms with van der Waals surface area (Å²) in [5, 5.41) is 2.86. The summed E-state index contributed by atoms with van der Waals surface area (Å²) in [4.78, 5) is 0. The van der Waals surface area contributed by atoms with E-state index in [0.717, 1.165) is 32.2 Å². The van der Waals surface area contributed by atoms with Crippen LogP contribution in [0, 0.1) is 0 Å². The van der Waals surface area contributed by atoms with E-state index in [4.69, 9.17) is 0 Å². The quantitative estimate of drug-likeness (QED) is 0.739. The highest BCUT2D eigenvalue weighted by atomic mass is 32.2. The van der Waals surface area contributed by atoms with E-state index in [1.807, 2.05) is 6.92 Å². The van der Waals surface area contributed by atoms with Gasteiger partial charge in [-0.05, 0) is 39.7 Å². The molecule has 1 rings (SSSR count). The van der Waals surface area contributed by atoms with Crippen molar-refractivity contribution in [3.05, 3.63) is 0 Å². The van der Waals surface area contributed by atoms with Crippen LogP contribution in [0.1, 0.15) is 46.5 Å². The van der Waals surface area contributed by atoms with Gasteiger partial charge in [-0.15, -0.1) is 0 Å². The van der Waals surface area contributed by atoms with Crippen molar-refractivity contribution in [3.8, 4) is 0 Å². The number of sulfonamides is 1. The molecule has 1 aliphatic rings. The molecule has 102 valence electrons. The van der Waals surface area contributed by atoms with E-state index in [2.05, 4.69) is 12.2 Å². The Morgan fingerprint density at radius 2 is 2.12 bits per heavy atom. The summed E-state index contributed by atoms with van der Waals surface area (Å²) in [7, 11) is -3.12. The van der Waals surface area contributed by atoms with Gasteiger partial charge in [0.25, 0.3) is 0 Å². The summed E-state index contributed by atoms with van der Waals surface area (Å²) < 4.78 is 26.5. The smallest absolute Gasteiger partial charge is 0.218 e. The lowest BCUT2D eigenvalue weighted by Gasteiger charge is -2.34. The van der Waals surface area contributed by atoms with Crippen LogP contribution in [0.5, 0.6) is 0 Å². The molecule has 0 aliphatic carbocycles. The van der Waals surface area contributed by atoms with E-state index in [1.54, 1.807) is 11.2 Å². The molecule has 1 N–H and O–H groups in total. The van der Waals surface area contributed by atoms with E-state index in [9.17, 15) is 8.42 Å². The van der Waals surface area contributed by atoms with Crippen molar-refractivity contribution in [2.75, 3.05) is 19.6 Å². The third-order valence-electron chi connectivity index (χ3n) is 3.44. The first kappa shape index (κ1) is 14.9. The second kappa shape index (κ2) is 6.71. The van der Waals surface area contributed by atoms with Crippen LogP contribution in [0.2, 0.25) is 0 Å². The maximum atomic E-state index is 12.4. The van der Waals surface area contributed by atoms with Gasteiger partial charge < -0.3 is 5.32 Å². The summed E-state index contributed by atoms with van der Waals surface area (Å²) in [5.74, 6) is 0. The van der Waals surface area contributed by atoms with Gasteiger partial charge in [-0.3, -0.25) is 0 Å². The molecule has 2 atom stereocenters. The third-order valence-corrected chi connectivity index (χ3v) is 5.82. The number of hydrogen-bond acceptors (Lipinski definition) is 3. The van der Waals surface area contributed by atoms with Crippen LogP contribution in [0.4, 0.5) is 0 Å². The monoisotopic (exact) mass is 262 g/mol. The molecule has 0 amide bonds. The molecular weight excluding hydrogens is 236 g/mol. The van der Waals surface area contributed by atoms with E-state index >= 15 is 0 Å². The highest BCUT2D eigenvalue weighted by Crippen LogP contribution is 2.22. The van der Waals surface area contributed by atoms with Crippen LogP contribution in [-0.2, 0) is 10.0 Å². The van der Waals surface area contributed by atoms with Crippen LogP contribution in [0.25, 0.3) is 0 Å². The standard InChI is InChI=1S/C12H26N2O2S/c1-4-8-13-10-12(3)17(15,16)14-9-6-5-7-11(14)2/h11-13H,4-10H2,1-3H3. The molecule has 0 aromatic heterocycles. The number of nitrogens with zero attached hydrogens (tertiary/aromatic N) is 1. The maximum Gasteiger partial charge on any atom is 0.218 e. The lowest BCUT2D eigenvalue weighted by Crippen LogP contribution is -2.48. The fraction of sp³-hybridized carbons (Fsp3) is 1.00. The van der Waals surface area contributed by atoms with Crippen molar-refractivity contribution in [1.82, 2.24) is 9.62 Å². The van der Waals surface area contributed by atoms with Gasteiger partial charge in [0.1, 0.15) is 0 Å². The lowest BCUT2D eigenvalue weighted by molar-refractivity contribution is 0.266. The van der Waals surface area contributed by atoms with E-state index in [-0.39, 0.29) is 11.3 Å². The van der Waals surface area contributed by atoms with Crippen LogP contribution in [0.3, 0.4) is 0 Å². The van der Waals surface area contributed by atoms with E-state index in [0.29, 0.717) is 13.1 Å². The van der Waals surface area contributed by atoms with Crippen molar-refractivity contribution in [3.63, 3.8) is 0 Å². The van der Waals surface area contributed by atoms with Gasteiger partial charge in [-0.25, -0.2) is 8.42 Å². The molecule has 1 saturated heterocycles. The number of rotatable bonds is 6. The van der Waals surface area contributed by atoms with Gasteiger partial charge in [0.2, 0.25) is 10.0 Å². The fourth-order valence-corrected chi connectivity index (χ4v) is 4.05. The molecular formula is C12H26N2O2S. The average molecular weight is 262 g/mol. The summed E-state index contributed by atoms with van der Waals surface area (Å²) in [5.41, 5.74) is 0. The highest BCUT2D eigenvalue weighted by molar-refractivity contribution is 7.89. The van der Waals surface area contributed by atoms with Crippen LogP contribution < -0.4 is 5.32 Å². The molecule has 0 aromatic rings. The molecule has 5 heteroatoms. The van der Waals surface area contributed by atoms with Gasteiger partial charge in [-0.2, -0.15) is 4.31 Å². The molecule has 0 radical (unpaired) electrons. The second-order valence-corrected chi connectivity index (χ2v) is 7.32. The summed E-state index contributed by atoms with van der Waals surface area (Å²) in [6, 6.07) is 0.169. The van der Waals surface area contributed by atoms with Crippen molar-refractivity contribution < 1.29 is 8.42 Å². The summed E-state index contributed by atoms with van der Waals surface area (Å²) in [6.45, 7) is 8.04. The van der Waals surface area contributed by atoms with Crippen molar-refractivity contribution in [2.45, 2.75) is 57.7 Å². The minimum absolute atomic E-state index is 0.169. The minimum Gasteiger partial charge on any atom is -0.315 e. The largest absolute Gasteiger partial charge is 0.315 e. The number of hydrogen-bond donors (Lipinski definition) is 1. The molecule has 1 heterocycles. The first-order chi connectivity index (χ1) is 8.00. The third kappa shape index (κ3) is 3.93. The highest BCUT2D eigenvalue weighted by Gasteiger charge is 2.33. The Balaban J connectivity index is 2.59. The molecule has 4 nitrogen and oxygen atoms in total. The Morgan fingerprint density at radius 1 is 1.41 bits per heavy atom. The number of piperidine rings is 1. The molecule has 0 aromatic carbocycles. The van der Waals surface area contributed by atoms with E-state index < -0.39 is 10.0 Å². The Morgan fingerprint density at radius 3 is 2.71 bits per heavy atom. The van der Waals surface area contributed by atoms with Gasteiger partial charge in [-0.1, -0.05) is 13.3 Å². The zero-order chi connectivity index (χ0) is 12.9. The first-order valence-corrected chi connectivity index (χ1v) is 8.21. The molecule has 1 fully saturated rings. The SMILES string of the molecule is CCCNCC(C)S(=O)(=O)N1CCCCC1C. The Kier molecular flexibility index (Phi) is 5.89. The zero-order valence-corrected chi connectivity index (χ0v) is 12.1. The lowest BCUT2D eigenvalue weighted by atomic mass is 10.1.